The highest BCUT2D eigenvalue weighted by Crippen LogP contribution is 2.36. The lowest BCUT2D eigenvalue weighted by molar-refractivity contribution is 0.374. The van der Waals surface area contributed by atoms with Crippen molar-refractivity contribution < 1.29 is 9.84 Å². The predicted molar refractivity (Wildman–Crippen MR) is 69.7 cm³/mol. The van der Waals surface area contributed by atoms with Gasteiger partial charge in [0.05, 0.1) is 12.7 Å². The molecule has 2 aromatic heterocycles. The monoisotopic (exact) mass is 257 g/mol. The molecule has 0 unspecified atom stereocenters. The van der Waals surface area contributed by atoms with E-state index in [-0.39, 0.29) is 5.75 Å². The number of hydrogen-bond acceptors (Lipinski definition) is 6. The highest BCUT2D eigenvalue weighted by Gasteiger charge is 2.14. The minimum absolute atomic E-state index is 0.00980. The number of methoxy groups -OCH3 is 1. The number of hydrogen-bond donors (Lipinski definition) is 3. The number of nitrogens with two attached hydrogens (primary N) is 1. The molecule has 0 spiro atoms. The molecule has 0 amide bonds. The molecule has 7 nitrogen and oxygen atoms in total. The van der Waals surface area contributed by atoms with E-state index in [2.05, 4.69) is 19.9 Å². The van der Waals surface area contributed by atoms with Crippen LogP contribution in [0.2, 0.25) is 0 Å². The van der Waals surface area contributed by atoms with Crippen LogP contribution in [0, 0.1) is 0 Å². The van der Waals surface area contributed by atoms with Crippen molar-refractivity contribution in [1.29, 1.82) is 0 Å². The van der Waals surface area contributed by atoms with Crippen LogP contribution in [0.1, 0.15) is 0 Å². The maximum absolute atomic E-state index is 10.1. The van der Waals surface area contributed by atoms with Crippen LogP contribution in [0.4, 0.5) is 5.82 Å². The molecular formula is C12H11N5O2. The van der Waals surface area contributed by atoms with E-state index >= 15 is 0 Å². The first-order valence-corrected chi connectivity index (χ1v) is 5.53. The zero-order valence-electron chi connectivity index (χ0n) is 10.1. The van der Waals surface area contributed by atoms with E-state index < -0.39 is 0 Å². The zero-order chi connectivity index (χ0) is 13.4. The van der Waals surface area contributed by atoms with Crippen LogP contribution in [-0.4, -0.2) is 32.2 Å². The first-order valence-electron chi connectivity index (χ1n) is 5.53. The molecule has 7 heteroatoms. The van der Waals surface area contributed by atoms with Crippen LogP contribution in [0.25, 0.3) is 22.6 Å². The molecule has 0 saturated heterocycles. The van der Waals surface area contributed by atoms with E-state index in [4.69, 9.17) is 10.5 Å². The molecule has 96 valence electrons. The van der Waals surface area contributed by atoms with E-state index in [0.717, 1.165) is 0 Å². The van der Waals surface area contributed by atoms with E-state index in [9.17, 15) is 5.11 Å². The molecule has 2 heterocycles. The summed E-state index contributed by atoms with van der Waals surface area (Å²) in [7, 11) is 1.49. The van der Waals surface area contributed by atoms with Gasteiger partial charge >= 0.3 is 0 Å². The number of para-hydroxylation sites is 1. The molecule has 0 aliphatic heterocycles. The standard InChI is InChI=1S/C12H11N5O2/c1-19-7-4-2-3-6(9(7)18)11-16-8-10(13)14-5-15-12(8)17-11/h2-5,18H,1H3,(H3,13,14,15,16,17). The molecule has 0 bridgehead atoms. The van der Waals surface area contributed by atoms with Crippen LogP contribution in [0.15, 0.2) is 24.5 Å². The molecule has 4 N–H and O–H groups in total. The number of nitrogen functional groups attached to an aromatic ring is 1. The average Bonchev–Trinajstić information content (AvgIpc) is 2.84. The van der Waals surface area contributed by atoms with Crippen molar-refractivity contribution in [3.63, 3.8) is 0 Å². The fourth-order valence-corrected chi connectivity index (χ4v) is 1.85. The Morgan fingerprint density at radius 3 is 2.89 bits per heavy atom. The summed E-state index contributed by atoms with van der Waals surface area (Å²) in [6, 6.07) is 5.14. The van der Waals surface area contributed by atoms with Crippen molar-refractivity contribution in [2.24, 2.45) is 0 Å². The van der Waals surface area contributed by atoms with Gasteiger partial charge in [-0.2, -0.15) is 0 Å². The summed E-state index contributed by atoms with van der Waals surface area (Å²) in [5.41, 5.74) is 7.23. The van der Waals surface area contributed by atoms with Gasteiger partial charge in [0, 0.05) is 0 Å². The van der Waals surface area contributed by atoms with Gasteiger partial charge in [0.2, 0.25) is 0 Å². The Hall–Kier alpha value is -2.83. The third-order valence-electron chi connectivity index (χ3n) is 2.79. The van der Waals surface area contributed by atoms with Crippen LogP contribution >= 0.6 is 0 Å². The number of imidazole rings is 1. The second-order valence-electron chi connectivity index (χ2n) is 3.90. The number of aromatic amines is 1. The molecular weight excluding hydrogens is 246 g/mol. The Kier molecular flexibility index (Phi) is 2.45. The predicted octanol–water partition coefficient (Wildman–Crippen LogP) is 1.32. The van der Waals surface area contributed by atoms with Gasteiger partial charge in [0.15, 0.2) is 23.0 Å². The van der Waals surface area contributed by atoms with Crippen molar-refractivity contribution in [2.75, 3.05) is 12.8 Å². The van der Waals surface area contributed by atoms with E-state index in [1.54, 1.807) is 18.2 Å². The van der Waals surface area contributed by atoms with Crippen molar-refractivity contribution >= 4 is 17.0 Å². The van der Waals surface area contributed by atoms with Gasteiger partial charge in [-0.05, 0) is 12.1 Å². The molecule has 3 rings (SSSR count). The number of fused-ring (bicyclic) bond motifs is 1. The smallest absolute Gasteiger partial charge is 0.183 e. The molecule has 0 radical (unpaired) electrons. The summed E-state index contributed by atoms with van der Waals surface area (Å²) < 4.78 is 5.06. The Bertz CT molecular complexity index is 753. The molecule has 0 aliphatic rings. The normalized spacial score (nSPS) is 10.8. The van der Waals surface area contributed by atoms with Crippen molar-refractivity contribution in [3.05, 3.63) is 24.5 Å². The second-order valence-corrected chi connectivity index (χ2v) is 3.90. The van der Waals surface area contributed by atoms with Crippen molar-refractivity contribution in [1.82, 2.24) is 19.9 Å². The lowest BCUT2D eigenvalue weighted by Gasteiger charge is -2.06. The number of aromatic hydroxyl groups is 1. The summed E-state index contributed by atoms with van der Waals surface area (Å²) in [6.45, 7) is 0. The maximum Gasteiger partial charge on any atom is 0.183 e. The second kappa shape index (κ2) is 4.13. The van der Waals surface area contributed by atoms with Gasteiger partial charge in [0.25, 0.3) is 0 Å². The van der Waals surface area contributed by atoms with Gasteiger partial charge in [0.1, 0.15) is 17.7 Å². The van der Waals surface area contributed by atoms with Crippen LogP contribution in [0.5, 0.6) is 11.5 Å². The lowest BCUT2D eigenvalue weighted by Crippen LogP contribution is -1.91. The number of rotatable bonds is 2. The molecule has 19 heavy (non-hydrogen) atoms. The first kappa shape index (κ1) is 11.3. The highest BCUT2D eigenvalue weighted by molar-refractivity contribution is 5.85. The largest absolute Gasteiger partial charge is 0.504 e. The SMILES string of the molecule is COc1cccc(-c2nc3ncnc(N)c3[nH]2)c1O. The fourth-order valence-electron chi connectivity index (χ4n) is 1.85. The van der Waals surface area contributed by atoms with Gasteiger partial charge in [-0.3, -0.25) is 0 Å². The van der Waals surface area contributed by atoms with E-state index in [0.29, 0.717) is 34.1 Å². The van der Waals surface area contributed by atoms with E-state index in [1.165, 1.54) is 13.4 Å². The summed E-state index contributed by atoms with van der Waals surface area (Å²) in [6.07, 6.45) is 1.34. The van der Waals surface area contributed by atoms with Crippen LogP contribution < -0.4 is 10.5 Å². The lowest BCUT2D eigenvalue weighted by atomic mass is 10.2. The Morgan fingerprint density at radius 2 is 2.16 bits per heavy atom. The number of aromatic nitrogens is 4. The number of ether oxygens (including phenoxy) is 1. The summed E-state index contributed by atoms with van der Waals surface area (Å²) >= 11 is 0. The maximum atomic E-state index is 10.1. The highest BCUT2D eigenvalue weighted by atomic mass is 16.5. The molecule has 3 aromatic rings. The number of nitrogens with zero attached hydrogens (tertiary/aromatic N) is 3. The van der Waals surface area contributed by atoms with Gasteiger partial charge in [-0.25, -0.2) is 15.0 Å². The number of benzene rings is 1. The number of H-pyrrole nitrogens is 1. The number of nitrogens with one attached hydrogen (secondary N) is 1. The molecule has 0 fully saturated rings. The number of phenols is 1. The van der Waals surface area contributed by atoms with Gasteiger partial charge in [-0.1, -0.05) is 6.07 Å². The summed E-state index contributed by atoms with van der Waals surface area (Å²) in [5.74, 6) is 1.15. The third-order valence-corrected chi connectivity index (χ3v) is 2.79. The van der Waals surface area contributed by atoms with E-state index in [1.807, 2.05) is 0 Å². The third kappa shape index (κ3) is 1.71. The van der Waals surface area contributed by atoms with Gasteiger partial charge < -0.3 is 20.6 Å². The van der Waals surface area contributed by atoms with Crippen LogP contribution in [0.3, 0.4) is 0 Å². The average molecular weight is 257 g/mol. The zero-order valence-corrected chi connectivity index (χ0v) is 10.1. The summed E-state index contributed by atoms with van der Waals surface area (Å²) in [4.78, 5) is 15.2. The van der Waals surface area contributed by atoms with Gasteiger partial charge in [-0.15, -0.1) is 0 Å². The Balaban J connectivity index is 2.22. The molecule has 0 atom stereocenters. The Labute approximate surface area is 108 Å². The van der Waals surface area contributed by atoms with Crippen LogP contribution in [-0.2, 0) is 0 Å². The quantitative estimate of drug-likeness (QED) is 0.638. The first-order chi connectivity index (χ1) is 9.20. The molecule has 0 aliphatic carbocycles. The van der Waals surface area contributed by atoms with Crippen molar-refractivity contribution in [2.45, 2.75) is 0 Å². The topological polar surface area (TPSA) is 110 Å². The Morgan fingerprint density at radius 1 is 1.32 bits per heavy atom. The van der Waals surface area contributed by atoms with Crippen molar-refractivity contribution in [3.8, 4) is 22.9 Å². The fraction of sp³-hybridized carbons (Fsp3) is 0.0833. The minimum atomic E-state index is 0.00980. The summed E-state index contributed by atoms with van der Waals surface area (Å²) in [5, 5.41) is 10.1. The molecule has 1 aromatic carbocycles. The number of anilines is 1. The number of phenolic OH excluding ortho intramolecular Hbond substituents is 1. The molecule has 0 saturated carbocycles. The minimum Gasteiger partial charge on any atom is -0.504 e.